The number of amides is 1. The molecule has 1 aromatic heterocycles. The maximum atomic E-state index is 11.9. The maximum Gasteiger partial charge on any atom is 0.325 e. The minimum atomic E-state index is -0.967. The first-order valence-corrected chi connectivity index (χ1v) is 7.64. The van der Waals surface area contributed by atoms with Crippen LogP contribution in [-0.2, 0) is 27.4 Å². The maximum absolute atomic E-state index is 11.9. The number of aliphatic carboxylic acids is 1. The molecule has 1 aromatic rings. The second-order valence-electron chi connectivity index (χ2n) is 5.77. The molecule has 0 saturated carbocycles. The fourth-order valence-electron chi connectivity index (χ4n) is 2.88. The molecule has 1 atom stereocenters. The summed E-state index contributed by atoms with van der Waals surface area (Å²) in [5.41, 5.74) is 0. The standard InChI is InChI=1S/C14H20N4O4/c19-12-3-1-2-5-17(12)7-11-15-14(10-4-6-22-9-10)16-18(11)8-13(20)21/h10H,1-9H2,(H,20,21)/t10-/m1/s1. The molecule has 8 nitrogen and oxygen atoms in total. The smallest absolute Gasteiger partial charge is 0.325 e. The van der Waals surface area contributed by atoms with Gasteiger partial charge in [0.05, 0.1) is 13.2 Å². The van der Waals surface area contributed by atoms with E-state index >= 15 is 0 Å². The van der Waals surface area contributed by atoms with E-state index in [9.17, 15) is 9.59 Å². The van der Waals surface area contributed by atoms with Crippen LogP contribution in [0.15, 0.2) is 0 Å². The van der Waals surface area contributed by atoms with Crippen LogP contribution in [0, 0.1) is 0 Å². The average Bonchev–Trinajstić information content (AvgIpc) is 3.11. The van der Waals surface area contributed by atoms with Gasteiger partial charge in [-0.25, -0.2) is 9.67 Å². The first kappa shape index (κ1) is 15.0. The highest BCUT2D eigenvalue weighted by atomic mass is 16.5. The highest BCUT2D eigenvalue weighted by molar-refractivity contribution is 5.76. The number of carboxylic acid groups (broad SMARTS) is 1. The van der Waals surface area contributed by atoms with Crippen molar-refractivity contribution >= 4 is 11.9 Å². The molecule has 1 amide bonds. The summed E-state index contributed by atoms with van der Waals surface area (Å²) in [4.78, 5) is 29.2. The molecule has 0 aromatic carbocycles. The summed E-state index contributed by atoms with van der Waals surface area (Å²) in [6.07, 6.45) is 3.29. The van der Waals surface area contributed by atoms with Crippen molar-refractivity contribution in [1.29, 1.82) is 0 Å². The molecule has 3 heterocycles. The summed E-state index contributed by atoms with van der Waals surface area (Å²) in [6, 6.07) is 0. The number of carboxylic acids is 1. The van der Waals surface area contributed by atoms with Gasteiger partial charge < -0.3 is 14.7 Å². The van der Waals surface area contributed by atoms with Crippen LogP contribution < -0.4 is 0 Å². The molecule has 0 radical (unpaired) electrons. The topological polar surface area (TPSA) is 97.5 Å². The number of rotatable bonds is 5. The van der Waals surface area contributed by atoms with Gasteiger partial charge in [0.1, 0.15) is 12.4 Å². The highest BCUT2D eigenvalue weighted by Crippen LogP contribution is 2.23. The average molecular weight is 308 g/mol. The Kier molecular flexibility index (Phi) is 4.37. The Hall–Kier alpha value is -1.96. The van der Waals surface area contributed by atoms with Crippen molar-refractivity contribution in [1.82, 2.24) is 19.7 Å². The van der Waals surface area contributed by atoms with E-state index in [4.69, 9.17) is 9.84 Å². The Labute approximate surface area is 128 Å². The van der Waals surface area contributed by atoms with Gasteiger partial charge in [0.25, 0.3) is 0 Å². The van der Waals surface area contributed by atoms with Crippen molar-refractivity contribution in [2.45, 2.75) is 44.7 Å². The minimum Gasteiger partial charge on any atom is -0.480 e. The van der Waals surface area contributed by atoms with Crippen LogP contribution in [0.2, 0.25) is 0 Å². The minimum absolute atomic E-state index is 0.0990. The molecular formula is C14H20N4O4. The lowest BCUT2D eigenvalue weighted by Crippen LogP contribution is -2.35. The molecular weight excluding hydrogens is 288 g/mol. The lowest BCUT2D eigenvalue weighted by Gasteiger charge is -2.26. The normalized spacial score (nSPS) is 22.3. The Morgan fingerprint density at radius 3 is 2.95 bits per heavy atom. The van der Waals surface area contributed by atoms with Gasteiger partial charge in [-0.2, -0.15) is 5.10 Å². The number of hydrogen-bond donors (Lipinski definition) is 1. The fraction of sp³-hybridized carbons (Fsp3) is 0.714. The highest BCUT2D eigenvalue weighted by Gasteiger charge is 2.26. The van der Waals surface area contributed by atoms with Crippen LogP contribution >= 0.6 is 0 Å². The van der Waals surface area contributed by atoms with Gasteiger partial charge in [-0.05, 0) is 19.3 Å². The fourth-order valence-corrected chi connectivity index (χ4v) is 2.88. The third-order valence-electron chi connectivity index (χ3n) is 4.10. The van der Waals surface area contributed by atoms with E-state index in [1.54, 1.807) is 4.90 Å². The Balaban J connectivity index is 1.80. The van der Waals surface area contributed by atoms with Crippen molar-refractivity contribution in [3.8, 4) is 0 Å². The van der Waals surface area contributed by atoms with Crippen molar-refractivity contribution in [2.75, 3.05) is 19.8 Å². The third kappa shape index (κ3) is 3.27. The second kappa shape index (κ2) is 6.43. The summed E-state index contributed by atoms with van der Waals surface area (Å²) in [5.74, 6) is 0.413. The van der Waals surface area contributed by atoms with Crippen LogP contribution in [0.4, 0.5) is 0 Å². The number of piperidine rings is 1. The molecule has 2 saturated heterocycles. The van der Waals surface area contributed by atoms with Crippen molar-refractivity contribution < 1.29 is 19.4 Å². The van der Waals surface area contributed by atoms with Crippen molar-refractivity contribution in [2.24, 2.45) is 0 Å². The van der Waals surface area contributed by atoms with E-state index in [2.05, 4.69) is 10.1 Å². The Morgan fingerprint density at radius 2 is 2.27 bits per heavy atom. The number of aromatic nitrogens is 3. The number of likely N-dealkylation sites (tertiary alicyclic amines) is 1. The molecule has 0 spiro atoms. The van der Waals surface area contributed by atoms with E-state index in [1.807, 2.05) is 0 Å². The number of hydrogen-bond acceptors (Lipinski definition) is 5. The van der Waals surface area contributed by atoms with Crippen molar-refractivity contribution in [3.05, 3.63) is 11.6 Å². The van der Waals surface area contributed by atoms with Gasteiger partial charge in [0, 0.05) is 25.5 Å². The largest absolute Gasteiger partial charge is 0.480 e. The predicted molar refractivity (Wildman–Crippen MR) is 75.1 cm³/mol. The Bertz CT molecular complexity index is 565. The monoisotopic (exact) mass is 308 g/mol. The molecule has 2 fully saturated rings. The lowest BCUT2D eigenvalue weighted by molar-refractivity contribution is -0.137. The summed E-state index contributed by atoms with van der Waals surface area (Å²) >= 11 is 0. The molecule has 120 valence electrons. The van der Waals surface area contributed by atoms with E-state index in [0.717, 1.165) is 19.3 Å². The van der Waals surface area contributed by atoms with Gasteiger partial charge in [-0.3, -0.25) is 9.59 Å². The van der Waals surface area contributed by atoms with Gasteiger partial charge >= 0.3 is 5.97 Å². The molecule has 0 bridgehead atoms. The van der Waals surface area contributed by atoms with Crippen LogP contribution in [0.5, 0.6) is 0 Å². The molecule has 0 unspecified atom stereocenters. The van der Waals surface area contributed by atoms with Gasteiger partial charge in [-0.1, -0.05) is 0 Å². The number of ether oxygens (including phenoxy) is 1. The molecule has 8 heteroatoms. The second-order valence-corrected chi connectivity index (χ2v) is 5.77. The van der Waals surface area contributed by atoms with E-state index in [-0.39, 0.29) is 18.4 Å². The molecule has 2 aliphatic rings. The van der Waals surface area contributed by atoms with Crippen LogP contribution in [0.1, 0.15) is 43.3 Å². The number of carbonyl (C=O) groups is 2. The first-order valence-electron chi connectivity index (χ1n) is 7.64. The van der Waals surface area contributed by atoms with Gasteiger partial charge in [0.2, 0.25) is 5.91 Å². The van der Waals surface area contributed by atoms with Gasteiger partial charge in [0.15, 0.2) is 5.82 Å². The number of carbonyl (C=O) groups excluding carboxylic acids is 1. The zero-order valence-corrected chi connectivity index (χ0v) is 12.4. The SMILES string of the molecule is O=C(O)Cn1nc([C@@H]2CCOC2)nc1CN1CCCCC1=O. The van der Waals surface area contributed by atoms with E-state index in [1.165, 1.54) is 4.68 Å². The molecule has 0 aliphatic carbocycles. The zero-order valence-electron chi connectivity index (χ0n) is 12.4. The zero-order chi connectivity index (χ0) is 15.5. The predicted octanol–water partition coefficient (Wildman–Crippen LogP) is 0.379. The van der Waals surface area contributed by atoms with Crippen LogP contribution in [0.25, 0.3) is 0 Å². The van der Waals surface area contributed by atoms with Crippen LogP contribution in [0.3, 0.4) is 0 Å². The van der Waals surface area contributed by atoms with Crippen molar-refractivity contribution in [3.63, 3.8) is 0 Å². The quantitative estimate of drug-likeness (QED) is 0.844. The lowest BCUT2D eigenvalue weighted by atomic mass is 10.1. The molecule has 3 rings (SSSR count). The van der Waals surface area contributed by atoms with E-state index < -0.39 is 5.97 Å². The molecule has 1 N–H and O–H groups in total. The molecule has 2 aliphatic heterocycles. The third-order valence-corrected chi connectivity index (χ3v) is 4.10. The molecule has 22 heavy (non-hydrogen) atoms. The summed E-state index contributed by atoms with van der Waals surface area (Å²) in [6.45, 7) is 2.03. The Morgan fingerprint density at radius 1 is 1.41 bits per heavy atom. The summed E-state index contributed by atoms with van der Waals surface area (Å²) < 4.78 is 6.74. The van der Waals surface area contributed by atoms with Crippen LogP contribution in [-0.4, -0.2) is 56.4 Å². The summed E-state index contributed by atoms with van der Waals surface area (Å²) in [5, 5.41) is 13.4. The number of nitrogens with zero attached hydrogens (tertiary/aromatic N) is 4. The summed E-state index contributed by atoms with van der Waals surface area (Å²) in [7, 11) is 0. The van der Waals surface area contributed by atoms with E-state index in [0.29, 0.717) is 44.4 Å². The van der Waals surface area contributed by atoms with Gasteiger partial charge in [-0.15, -0.1) is 0 Å². The first-order chi connectivity index (χ1) is 10.6.